The highest BCUT2D eigenvalue weighted by Crippen LogP contribution is 2.24. The van der Waals surface area contributed by atoms with Crippen molar-refractivity contribution in [3.05, 3.63) is 24.3 Å². The molecular formula is C11H14O5. The van der Waals surface area contributed by atoms with Gasteiger partial charge in [0.1, 0.15) is 11.7 Å². The van der Waals surface area contributed by atoms with Crippen LogP contribution in [0.15, 0.2) is 24.3 Å². The van der Waals surface area contributed by atoms with Gasteiger partial charge in [0.05, 0.1) is 7.11 Å². The average Bonchev–Trinajstić information content (AvgIpc) is 2.29. The summed E-state index contributed by atoms with van der Waals surface area (Å²) in [5.74, 6) is -0.698. The number of methoxy groups -OCH3 is 2. The third-order valence-electron chi connectivity index (χ3n) is 2.41. The van der Waals surface area contributed by atoms with Crippen molar-refractivity contribution in [2.24, 2.45) is 0 Å². The molecule has 1 aliphatic rings. The summed E-state index contributed by atoms with van der Waals surface area (Å²) in [6.07, 6.45) is 4.34. The fourth-order valence-electron chi connectivity index (χ4n) is 1.45. The van der Waals surface area contributed by atoms with E-state index < -0.39 is 17.7 Å². The normalized spacial score (nSPS) is 29.7. The van der Waals surface area contributed by atoms with Gasteiger partial charge in [-0.1, -0.05) is 0 Å². The van der Waals surface area contributed by atoms with E-state index in [0.29, 0.717) is 0 Å². The summed E-state index contributed by atoms with van der Waals surface area (Å²) in [5, 5.41) is 10.1. The van der Waals surface area contributed by atoms with Gasteiger partial charge in [0.25, 0.3) is 0 Å². The van der Waals surface area contributed by atoms with Crippen LogP contribution in [-0.4, -0.2) is 42.8 Å². The van der Waals surface area contributed by atoms with Crippen molar-refractivity contribution < 1.29 is 24.2 Å². The number of allylic oxidation sites excluding steroid dienone is 1. The van der Waals surface area contributed by atoms with E-state index in [1.807, 2.05) is 0 Å². The van der Waals surface area contributed by atoms with Gasteiger partial charge in [-0.3, -0.25) is 4.79 Å². The second-order valence-corrected chi connectivity index (χ2v) is 3.47. The Kier molecular flexibility index (Phi) is 3.98. The fraction of sp³-hybridized carbons (Fsp3) is 0.455. The summed E-state index contributed by atoms with van der Waals surface area (Å²) in [6, 6.07) is 0. The van der Waals surface area contributed by atoms with E-state index in [1.165, 1.54) is 32.4 Å². The molecule has 0 saturated heterocycles. The molecule has 16 heavy (non-hydrogen) atoms. The van der Waals surface area contributed by atoms with E-state index in [0.717, 1.165) is 6.08 Å². The molecule has 1 N–H and O–H groups in total. The molecule has 0 radical (unpaired) electrons. The Labute approximate surface area is 93.3 Å². The number of esters is 1. The predicted molar refractivity (Wildman–Crippen MR) is 55.7 cm³/mol. The Bertz CT molecular complexity index is 344. The van der Waals surface area contributed by atoms with Crippen LogP contribution in [0.4, 0.5) is 0 Å². The topological polar surface area (TPSA) is 72.8 Å². The van der Waals surface area contributed by atoms with Gasteiger partial charge in [-0.2, -0.15) is 0 Å². The number of carbonyl (C=O) groups excluding carboxylic acids is 2. The molecule has 0 heterocycles. The van der Waals surface area contributed by atoms with Crippen molar-refractivity contribution >= 4 is 11.8 Å². The van der Waals surface area contributed by atoms with Crippen molar-refractivity contribution in [2.75, 3.05) is 14.2 Å². The first-order valence-corrected chi connectivity index (χ1v) is 4.76. The van der Waals surface area contributed by atoms with Gasteiger partial charge in [0.2, 0.25) is 0 Å². The van der Waals surface area contributed by atoms with Crippen LogP contribution in [0, 0.1) is 0 Å². The second kappa shape index (κ2) is 5.05. The molecule has 0 saturated carbocycles. The molecule has 0 fully saturated rings. The summed E-state index contributed by atoms with van der Waals surface area (Å²) in [6.45, 7) is 0. The van der Waals surface area contributed by atoms with Gasteiger partial charge in [-0.05, 0) is 18.2 Å². The third-order valence-corrected chi connectivity index (χ3v) is 2.41. The number of hydrogen-bond acceptors (Lipinski definition) is 5. The van der Waals surface area contributed by atoms with E-state index in [-0.39, 0.29) is 12.2 Å². The third kappa shape index (κ3) is 2.77. The first-order chi connectivity index (χ1) is 7.51. The zero-order chi connectivity index (χ0) is 12.2. The number of aliphatic hydroxyl groups is 1. The Morgan fingerprint density at radius 2 is 2.31 bits per heavy atom. The van der Waals surface area contributed by atoms with Crippen molar-refractivity contribution in [3.8, 4) is 0 Å². The van der Waals surface area contributed by atoms with Crippen LogP contribution in [0.5, 0.6) is 0 Å². The monoisotopic (exact) mass is 226 g/mol. The number of ether oxygens (including phenoxy) is 2. The summed E-state index contributed by atoms with van der Waals surface area (Å²) < 4.78 is 9.43. The van der Waals surface area contributed by atoms with Gasteiger partial charge >= 0.3 is 5.97 Å². The largest absolute Gasteiger partial charge is 0.466 e. The molecule has 0 aromatic heterocycles. The second-order valence-electron chi connectivity index (χ2n) is 3.47. The summed E-state index contributed by atoms with van der Waals surface area (Å²) in [5.41, 5.74) is -1.45. The maximum atomic E-state index is 11.1. The van der Waals surface area contributed by atoms with Gasteiger partial charge in [0, 0.05) is 19.6 Å². The molecule has 0 aromatic rings. The summed E-state index contributed by atoms with van der Waals surface area (Å²) in [7, 11) is 2.64. The van der Waals surface area contributed by atoms with E-state index >= 15 is 0 Å². The zero-order valence-corrected chi connectivity index (χ0v) is 9.17. The lowest BCUT2D eigenvalue weighted by atomic mass is 9.87. The Morgan fingerprint density at radius 1 is 1.62 bits per heavy atom. The number of carbonyl (C=O) groups is 2. The van der Waals surface area contributed by atoms with Crippen LogP contribution >= 0.6 is 0 Å². The maximum Gasteiger partial charge on any atom is 0.330 e. The van der Waals surface area contributed by atoms with Crippen LogP contribution in [0.2, 0.25) is 0 Å². The number of ketones is 1. The van der Waals surface area contributed by atoms with Gasteiger partial charge in [0.15, 0.2) is 5.78 Å². The molecule has 1 aliphatic carbocycles. The Morgan fingerprint density at radius 3 is 2.88 bits per heavy atom. The molecule has 88 valence electrons. The molecule has 1 rings (SSSR count). The smallest absolute Gasteiger partial charge is 0.330 e. The van der Waals surface area contributed by atoms with Crippen LogP contribution in [0.3, 0.4) is 0 Å². The molecule has 2 atom stereocenters. The minimum atomic E-state index is -1.45. The molecule has 5 heteroatoms. The van der Waals surface area contributed by atoms with E-state index in [4.69, 9.17) is 4.74 Å². The Hall–Kier alpha value is -1.46. The SMILES string of the molecule is COC(=O)C=CC1(O)C=CC(=O)CC1OC. The van der Waals surface area contributed by atoms with Gasteiger partial charge < -0.3 is 14.6 Å². The van der Waals surface area contributed by atoms with Crippen LogP contribution < -0.4 is 0 Å². The molecule has 2 unspecified atom stereocenters. The highest BCUT2D eigenvalue weighted by molar-refractivity contribution is 5.92. The van der Waals surface area contributed by atoms with Crippen molar-refractivity contribution in [3.63, 3.8) is 0 Å². The summed E-state index contributed by atoms with van der Waals surface area (Å²) >= 11 is 0. The molecule has 0 aliphatic heterocycles. The van der Waals surface area contributed by atoms with Gasteiger partial charge in [-0.15, -0.1) is 0 Å². The zero-order valence-electron chi connectivity index (χ0n) is 9.17. The van der Waals surface area contributed by atoms with Crippen molar-refractivity contribution in [1.29, 1.82) is 0 Å². The number of hydrogen-bond donors (Lipinski definition) is 1. The molecular weight excluding hydrogens is 212 g/mol. The fourth-order valence-corrected chi connectivity index (χ4v) is 1.45. The molecule has 0 spiro atoms. The highest BCUT2D eigenvalue weighted by atomic mass is 16.5. The minimum absolute atomic E-state index is 0.0784. The summed E-state index contributed by atoms with van der Waals surface area (Å²) in [4.78, 5) is 22.0. The highest BCUT2D eigenvalue weighted by Gasteiger charge is 2.36. The first-order valence-electron chi connectivity index (χ1n) is 4.76. The molecule has 5 nitrogen and oxygen atoms in total. The molecule has 0 aromatic carbocycles. The average molecular weight is 226 g/mol. The Balaban J connectivity index is 2.88. The maximum absolute atomic E-state index is 11.1. The quantitative estimate of drug-likeness (QED) is 0.541. The lowest BCUT2D eigenvalue weighted by Crippen LogP contribution is -2.43. The van der Waals surface area contributed by atoms with Crippen LogP contribution in [0.1, 0.15) is 6.42 Å². The standard InChI is InChI=1S/C11H14O5/c1-15-9-7-8(12)3-5-11(9,14)6-4-10(13)16-2/h3-6,9,14H,7H2,1-2H3. The van der Waals surface area contributed by atoms with Crippen LogP contribution in [-0.2, 0) is 19.1 Å². The van der Waals surface area contributed by atoms with Crippen LogP contribution in [0.25, 0.3) is 0 Å². The van der Waals surface area contributed by atoms with Crippen molar-refractivity contribution in [1.82, 2.24) is 0 Å². The lowest BCUT2D eigenvalue weighted by molar-refractivity contribution is -0.135. The van der Waals surface area contributed by atoms with Gasteiger partial charge in [-0.25, -0.2) is 4.79 Å². The molecule has 0 amide bonds. The lowest BCUT2D eigenvalue weighted by Gasteiger charge is -2.31. The minimum Gasteiger partial charge on any atom is -0.466 e. The molecule has 0 bridgehead atoms. The van der Waals surface area contributed by atoms with E-state index in [1.54, 1.807) is 0 Å². The van der Waals surface area contributed by atoms with E-state index in [9.17, 15) is 14.7 Å². The van der Waals surface area contributed by atoms with E-state index in [2.05, 4.69) is 4.74 Å². The number of rotatable bonds is 3. The first kappa shape index (κ1) is 12.6. The van der Waals surface area contributed by atoms with Crippen molar-refractivity contribution in [2.45, 2.75) is 18.1 Å². The predicted octanol–water partition coefficient (Wildman–Crippen LogP) is -0.00930.